The molecule has 3 heterocycles. The maximum atomic E-state index is 12.7. The molecule has 200 valence electrons. The number of ether oxygens (including phenoxy) is 1. The molecule has 1 fully saturated rings. The van der Waals surface area contributed by atoms with Crippen molar-refractivity contribution in [3.05, 3.63) is 57.1 Å². The van der Waals surface area contributed by atoms with E-state index >= 15 is 0 Å². The first-order valence-electron chi connectivity index (χ1n) is 12.8. The highest BCUT2D eigenvalue weighted by molar-refractivity contribution is 9.10. The lowest BCUT2D eigenvalue weighted by Crippen LogP contribution is -2.35. The second-order valence-electron chi connectivity index (χ2n) is 9.67. The molecule has 2 aromatic rings. The lowest BCUT2D eigenvalue weighted by molar-refractivity contribution is -0.120. The van der Waals surface area contributed by atoms with Crippen molar-refractivity contribution in [1.82, 2.24) is 15.6 Å². The number of likely N-dealkylation sites (tertiary alicyclic amines) is 1. The van der Waals surface area contributed by atoms with Gasteiger partial charge in [-0.05, 0) is 71.1 Å². The maximum absolute atomic E-state index is 12.7. The number of anilines is 1. The normalized spacial score (nSPS) is 19.2. The fourth-order valence-electron chi connectivity index (χ4n) is 5.15. The summed E-state index contributed by atoms with van der Waals surface area (Å²) in [6.07, 6.45) is 3.82. The minimum atomic E-state index is -0.461. The Balaban J connectivity index is 1.18. The number of aliphatic hydroxyl groups excluding tert-OH is 1. The van der Waals surface area contributed by atoms with Crippen LogP contribution in [-0.4, -0.2) is 72.3 Å². The minimum absolute atomic E-state index is 0.0681. The van der Waals surface area contributed by atoms with Gasteiger partial charge in [0.2, 0.25) is 5.91 Å². The number of carbonyl (C=O) groups is 3. The molecule has 0 radical (unpaired) electrons. The first-order chi connectivity index (χ1) is 18.4. The largest absolute Gasteiger partial charge is 0.493 e. The Morgan fingerprint density at radius 3 is 2.97 bits per heavy atom. The SMILES string of the molecule is O=C(Cc1ccc2c(c1)CCO2)N/N=C1\C(=O)Nc2cc(C(=O)NCCCN3CCC[C@H]3CO)cc(Br)c21. The van der Waals surface area contributed by atoms with Gasteiger partial charge in [0, 0.05) is 41.2 Å². The Labute approximate surface area is 228 Å². The van der Waals surface area contributed by atoms with Crippen molar-refractivity contribution in [3.63, 3.8) is 0 Å². The van der Waals surface area contributed by atoms with Crippen LogP contribution in [-0.2, 0) is 22.4 Å². The summed E-state index contributed by atoms with van der Waals surface area (Å²) in [5.74, 6) is -0.201. The molecule has 0 bridgehead atoms. The molecule has 0 saturated carbocycles. The molecule has 3 amide bonds. The predicted molar refractivity (Wildman–Crippen MR) is 145 cm³/mol. The van der Waals surface area contributed by atoms with Gasteiger partial charge < -0.3 is 20.5 Å². The topological polar surface area (TPSA) is 132 Å². The van der Waals surface area contributed by atoms with E-state index in [9.17, 15) is 19.5 Å². The number of aliphatic hydroxyl groups is 1. The molecule has 0 unspecified atom stereocenters. The van der Waals surface area contributed by atoms with E-state index in [1.165, 1.54) is 0 Å². The second-order valence-corrected chi connectivity index (χ2v) is 10.5. The summed E-state index contributed by atoms with van der Waals surface area (Å²) in [4.78, 5) is 40.1. The predicted octanol–water partition coefficient (Wildman–Crippen LogP) is 1.98. The highest BCUT2D eigenvalue weighted by Gasteiger charge is 2.30. The number of hydrogen-bond acceptors (Lipinski definition) is 7. The van der Waals surface area contributed by atoms with Crippen LogP contribution in [0.5, 0.6) is 5.75 Å². The molecule has 38 heavy (non-hydrogen) atoms. The average Bonchev–Trinajstić information content (AvgIpc) is 3.63. The molecule has 11 heteroatoms. The third-order valence-corrected chi connectivity index (χ3v) is 7.71. The van der Waals surface area contributed by atoms with Gasteiger partial charge in [-0.2, -0.15) is 5.10 Å². The monoisotopic (exact) mass is 583 g/mol. The summed E-state index contributed by atoms with van der Waals surface area (Å²) >= 11 is 3.46. The molecular formula is C27H30BrN5O5. The van der Waals surface area contributed by atoms with Gasteiger partial charge in [0.25, 0.3) is 11.8 Å². The van der Waals surface area contributed by atoms with Crippen molar-refractivity contribution in [1.29, 1.82) is 0 Å². The second kappa shape index (κ2) is 11.6. The lowest BCUT2D eigenvalue weighted by Gasteiger charge is -2.22. The zero-order chi connectivity index (χ0) is 26.6. The number of nitrogens with zero attached hydrogens (tertiary/aromatic N) is 2. The fraction of sp³-hybridized carbons (Fsp3) is 0.407. The van der Waals surface area contributed by atoms with Crippen LogP contribution in [0.25, 0.3) is 0 Å². The van der Waals surface area contributed by atoms with Crippen LogP contribution >= 0.6 is 15.9 Å². The summed E-state index contributed by atoms with van der Waals surface area (Å²) in [5, 5.41) is 19.2. The number of amides is 3. The van der Waals surface area contributed by atoms with Crippen molar-refractivity contribution in [3.8, 4) is 5.75 Å². The van der Waals surface area contributed by atoms with Crippen LogP contribution < -0.4 is 20.8 Å². The first kappa shape index (κ1) is 26.3. The molecule has 10 nitrogen and oxygen atoms in total. The van der Waals surface area contributed by atoms with Crippen LogP contribution in [0.2, 0.25) is 0 Å². The zero-order valence-electron chi connectivity index (χ0n) is 20.9. The number of benzene rings is 2. The molecule has 4 N–H and O–H groups in total. The van der Waals surface area contributed by atoms with Gasteiger partial charge in [0.1, 0.15) is 5.75 Å². The third kappa shape index (κ3) is 5.74. The Bertz CT molecular complexity index is 1300. The highest BCUT2D eigenvalue weighted by atomic mass is 79.9. The number of carbonyl (C=O) groups excluding carboxylic acids is 3. The Kier molecular flexibility index (Phi) is 8.06. The van der Waals surface area contributed by atoms with Crippen molar-refractivity contribution in [2.24, 2.45) is 5.10 Å². The number of hydrazone groups is 1. The van der Waals surface area contributed by atoms with E-state index in [0.29, 0.717) is 34.4 Å². The van der Waals surface area contributed by atoms with E-state index in [0.717, 1.165) is 55.6 Å². The maximum Gasteiger partial charge on any atom is 0.276 e. The summed E-state index contributed by atoms with van der Waals surface area (Å²) in [7, 11) is 0. The van der Waals surface area contributed by atoms with E-state index in [4.69, 9.17) is 4.74 Å². The summed E-state index contributed by atoms with van der Waals surface area (Å²) in [6.45, 7) is 3.12. The van der Waals surface area contributed by atoms with Crippen molar-refractivity contribution < 1.29 is 24.2 Å². The standard InChI is InChI=1S/C27H30BrN5O5/c28-20-13-18(26(36)29-7-2-9-33-8-1-3-19(33)15-34)14-21-24(20)25(27(37)30-21)32-31-23(35)12-16-4-5-22-17(11-16)6-10-38-22/h4-5,11,13-14,19,34H,1-3,6-10,12,15H2,(H,29,36)(H,31,35)(H,30,32,37)/t19-/m0/s1. The smallest absolute Gasteiger partial charge is 0.276 e. The molecule has 0 aliphatic carbocycles. The van der Waals surface area contributed by atoms with Crippen LogP contribution in [0, 0.1) is 0 Å². The third-order valence-electron chi connectivity index (χ3n) is 7.08. The number of halogens is 1. The molecule has 5 rings (SSSR count). The zero-order valence-corrected chi connectivity index (χ0v) is 22.5. The number of hydrogen-bond donors (Lipinski definition) is 4. The van der Waals surface area contributed by atoms with E-state index in [-0.39, 0.29) is 36.6 Å². The molecule has 1 saturated heterocycles. The summed E-state index contributed by atoms with van der Waals surface area (Å²) in [6, 6.07) is 9.12. The number of fused-ring (bicyclic) bond motifs is 2. The molecule has 3 aliphatic rings. The van der Waals surface area contributed by atoms with Gasteiger partial charge in [0.15, 0.2) is 5.71 Å². The lowest BCUT2D eigenvalue weighted by atomic mass is 10.1. The quantitative estimate of drug-likeness (QED) is 0.263. The van der Waals surface area contributed by atoms with Gasteiger partial charge in [-0.3, -0.25) is 19.3 Å². The van der Waals surface area contributed by atoms with Crippen molar-refractivity contribution in [2.45, 2.75) is 38.1 Å². The van der Waals surface area contributed by atoms with E-state index in [1.807, 2.05) is 18.2 Å². The van der Waals surface area contributed by atoms with Crippen LogP contribution in [0.15, 0.2) is 39.9 Å². The minimum Gasteiger partial charge on any atom is -0.493 e. The molecule has 1 atom stereocenters. The van der Waals surface area contributed by atoms with Gasteiger partial charge in [0.05, 0.1) is 25.3 Å². The van der Waals surface area contributed by atoms with Crippen LogP contribution in [0.4, 0.5) is 5.69 Å². The molecule has 2 aromatic carbocycles. The Hall–Kier alpha value is -3.28. The van der Waals surface area contributed by atoms with Crippen molar-refractivity contribution >= 4 is 45.1 Å². The van der Waals surface area contributed by atoms with Gasteiger partial charge in [-0.1, -0.05) is 12.1 Å². The first-order valence-corrected chi connectivity index (χ1v) is 13.6. The van der Waals surface area contributed by atoms with Crippen molar-refractivity contribution in [2.75, 3.05) is 38.2 Å². The molecule has 0 aromatic heterocycles. The van der Waals surface area contributed by atoms with E-state index in [2.05, 4.69) is 42.0 Å². The summed E-state index contributed by atoms with van der Waals surface area (Å²) in [5.41, 5.74) is 5.81. The highest BCUT2D eigenvalue weighted by Crippen LogP contribution is 2.32. The van der Waals surface area contributed by atoms with Crippen LogP contribution in [0.3, 0.4) is 0 Å². The average molecular weight is 584 g/mol. The van der Waals surface area contributed by atoms with Gasteiger partial charge in [-0.15, -0.1) is 0 Å². The fourth-order valence-corrected chi connectivity index (χ4v) is 5.80. The van der Waals surface area contributed by atoms with Gasteiger partial charge in [-0.25, -0.2) is 5.43 Å². The molecule has 3 aliphatic heterocycles. The van der Waals surface area contributed by atoms with Gasteiger partial charge >= 0.3 is 0 Å². The van der Waals surface area contributed by atoms with E-state index < -0.39 is 5.91 Å². The van der Waals surface area contributed by atoms with Crippen LogP contribution in [0.1, 0.15) is 46.3 Å². The summed E-state index contributed by atoms with van der Waals surface area (Å²) < 4.78 is 6.02. The Morgan fingerprint density at radius 2 is 2.13 bits per heavy atom. The Morgan fingerprint density at radius 1 is 1.26 bits per heavy atom. The molecule has 0 spiro atoms. The number of rotatable bonds is 9. The van der Waals surface area contributed by atoms with E-state index in [1.54, 1.807) is 12.1 Å². The molecular weight excluding hydrogens is 554 g/mol. The number of nitrogens with one attached hydrogen (secondary N) is 3.